The van der Waals surface area contributed by atoms with Crippen LogP contribution in [0.15, 0.2) is 97.1 Å². The second-order valence-electron chi connectivity index (χ2n) is 7.32. The van der Waals surface area contributed by atoms with Crippen LogP contribution in [0.4, 0.5) is 11.4 Å². The zero-order valence-corrected chi connectivity index (χ0v) is 15.3. The molecular formula is C26H19NO. The Hall–Kier alpha value is -3.36. The summed E-state index contributed by atoms with van der Waals surface area (Å²) < 4.78 is 6.71. The Kier molecular flexibility index (Phi) is 3.40. The normalized spacial score (nSPS) is 19.8. The lowest BCUT2D eigenvalue weighted by Crippen LogP contribution is -2.40. The van der Waals surface area contributed by atoms with E-state index in [0.717, 1.165) is 0 Å². The minimum absolute atomic E-state index is 0.0986. The molecule has 0 aliphatic carbocycles. The molecule has 4 aromatic rings. The number of rotatable bonds is 1. The van der Waals surface area contributed by atoms with Crippen molar-refractivity contribution in [3.63, 3.8) is 0 Å². The van der Waals surface area contributed by atoms with Gasteiger partial charge in [-0.25, -0.2) is 0 Å². The highest BCUT2D eigenvalue weighted by atomic mass is 16.5. The highest BCUT2D eigenvalue weighted by Crippen LogP contribution is 2.49. The Morgan fingerprint density at radius 1 is 0.679 bits per heavy atom. The molecule has 0 radical (unpaired) electrons. The van der Waals surface area contributed by atoms with Gasteiger partial charge >= 0.3 is 0 Å². The van der Waals surface area contributed by atoms with Crippen molar-refractivity contribution in [3.8, 4) is 0 Å². The number of benzene rings is 4. The molecule has 2 aliphatic rings. The second kappa shape index (κ2) is 6.08. The molecule has 0 bridgehead atoms. The van der Waals surface area contributed by atoms with E-state index in [2.05, 4.69) is 108 Å². The first-order chi connectivity index (χ1) is 13.9. The molecule has 2 heteroatoms. The molecule has 0 saturated carbocycles. The summed E-state index contributed by atoms with van der Waals surface area (Å²) in [6.07, 6.45) is 4.12. The summed E-state index contributed by atoms with van der Waals surface area (Å²) >= 11 is 0. The molecule has 0 N–H and O–H groups in total. The van der Waals surface area contributed by atoms with Crippen LogP contribution in [-0.4, -0.2) is 6.23 Å². The number of fused-ring (bicyclic) bond motifs is 7. The zero-order chi connectivity index (χ0) is 18.5. The maximum absolute atomic E-state index is 6.71. The van der Waals surface area contributed by atoms with Crippen molar-refractivity contribution >= 4 is 28.2 Å². The lowest BCUT2D eigenvalue weighted by molar-refractivity contribution is 0.0312. The first kappa shape index (κ1) is 15.7. The zero-order valence-electron chi connectivity index (χ0n) is 15.3. The van der Waals surface area contributed by atoms with Crippen LogP contribution in [0.2, 0.25) is 0 Å². The fraction of sp³-hybridized carbons (Fsp3) is 0.0769. The van der Waals surface area contributed by atoms with Gasteiger partial charge in [-0.3, -0.25) is 0 Å². The van der Waals surface area contributed by atoms with Crippen molar-refractivity contribution in [1.29, 1.82) is 0 Å². The topological polar surface area (TPSA) is 12.5 Å². The van der Waals surface area contributed by atoms with Gasteiger partial charge in [0, 0.05) is 5.56 Å². The lowest BCUT2D eigenvalue weighted by Gasteiger charge is -2.44. The second-order valence-corrected chi connectivity index (χ2v) is 7.32. The molecule has 2 heterocycles. The van der Waals surface area contributed by atoms with Crippen LogP contribution in [0.5, 0.6) is 0 Å². The molecule has 0 aromatic heterocycles. The van der Waals surface area contributed by atoms with Gasteiger partial charge in [0.25, 0.3) is 0 Å². The fourth-order valence-electron chi connectivity index (χ4n) is 4.48. The summed E-state index contributed by atoms with van der Waals surface area (Å²) in [6, 6.07) is 32.1. The minimum Gasteiger partial charge on any atom is -0.342 e. The quantitative estimate of drug-likeness (QED) is 0.386. The highest BCUT2D eigenvalue weighted by molar-refractivity contribution is 5.94. The van der Waals surface area contributed by atoms with Crippen molar-refractivity contribution < 1.29 is 4.74 Å². The lowest BCUT2D eigenvalue weighted by atomic mass is 9.90. The molecule has 4 aromatic carbocycles. The van der Waals surface area contributed by atoms with Gasteiger partial charge in [0.15, 0.2) is 6.23 Å². The summed E-state index contributed by atoms with van der Waals surface area (Å²) in [5, 5.41) is 2.49. The van der Waals surface area contributed by atoms with Crippen molar-refractivity contribution in [3.05, 3.63) is 114 Å². The van der Waals surface area contributed by atoms with E-state index in [9.17, 15) is 0 Å². The minimum atomic E-state index is -0.117. The average Bonchev–Trinajstić information content (AvgIpc) is 2.78. The SMILES string of the molecule is C1=CC2OC(c3ccccc3)c3c(ccc4ccccc34)N2c2ccccc21. The van der Waals surface area contributed by atoms with Gasteiger partial charge in [-0.15, -0.1) is 0 Å². The molecule has 2 aliphatic heterocycles. The van der Waals surface area contributed by atoms with Crippen molar-refractivity contribution in [1.82, 2.24) is 0 Å². The summed E-state index contributed by atoms with van der Waals surface area (Å²) in [4.78, 5) is 2.33. The third kappa shape index (κ3) is 2.25. The Morgan fingerprint density at radius 2 is 1.46 bits per heavy atom. The van der Waals surface area contributed by atoms with Crippen LogP contribution < -0.4 is 4.90 Å². The molecule has 0 fully saturated rings. The maximum Gasteiger partial charge on any atom is 0.155 e. The Labute approximate surface area is 164 Å². The Balaban J connectivity index is 1.66. The number of nitrogens with zero attached hydrogens (tertiary/aromatic N) is 1. The van der Waals surface area contributed by atoms with E-state index in [1.165, 1.54) is 38.8 Å². The van der Waals surface area contributed by atoms with E-state index in [4.69, 9.17) is 4.74 Å². The van der Waals surface area contributed by atoms with Crippen LogP contribution in [-0.2, 0) is 4.74 Å². The van der Waals surface area contributed by atoms with Gasteiger partial charge in [-0.05, 0) is 40.1 Å². The number of hydrogen-bond donors (Lipinski definition) is 0. The van der Waals surface area contributed by atoms with Gasteiger partial charge in [0.05, 0.1) is 11.4 Å². The Bertz CT molecular complexity index is 1210. The number of ether oxygens (including phenoxy) is 1. The first-order valence-electron chi connectivity index (χ1n) is 9.69. The number of anilines is 2. The predicted molar refractivity (Wildman–Crippen MR) is 115 cm³/mol. The monoisotopic (exact) mass is 361 g/mol. The van der Waals surface area contributed by atoms with Gasteiger partial charge in [-0.2, -0.15) is 0 Å². The van der Waals surface area contributed by atoms with Gasteiger partial charge in [0.1, 0.15) is 6.10 Å². The molecular weight excluding hydrogens is 342 g/mol. The highest BCUT2D eigenvalue weighted by Gasteiger charge is 2.36. The third-order valence-electron chi connectivity index (χ3n) is 5.74. The van der Waals surface area contributed by atoms with Crippen LogP contribution in [0, 0.1) is 0 Å². The summed E-state index contributed by atoms with van der Waals surface area (Å²) in [5.41, 5.74) is 6.07. The standard InChI is InChI=1S/C26H19NO/c1-2-10-20(11-3-1)26-25-21-12-6-4-8-18(21)14-16-23(25)27-22-13-7-5-9-19(22)15-17-24(27)28-26/h1-17,24,26H. The maximum atomic E-state index is 6.71. The average molecular weight is 361 g/mol. The van der Waals surface area contributed by atoms with E-state index < -0.39 is 0 Å². The number of hydrogen-bond acceptors (Lipinski definition) is 2. The molecule has 134 valence electrons. The molecule has 0 saturated heterocycles. The third-order valence-corrected chi connectivity index (χ3v) is 5.74. The van der Waals surface area contributed by atoms with Crippen LogP contribution in [0.1, 0.15) is 22.8 Å². The van der Waals surface area contributed by atoms with Crippen molar-refractivity contribution in [2.75, 3.05) is 4.90 Å². The fourth-order valence-corrected chi connectivity index (χ4v) is 4.48. The van der Waals surface area contributed by atoms with E-state index in [1.54, 1.807) is 0 Å². The van der Waals surface area contributed by atoms with Gasteiger partial charge < -0.3 is 9.64 Å². The van der Waals surface area contributed by atoms with Crippen molar-refractivity contribution in [2.24, 2.45) is 0 Å². The molecule has 2 nitrogen and oxygen atoms in total. The van der Waals surface area contributed by atoms with Crippen LogP contribution in [0.3, 0.4) is 0 Å². The molecule has 2 atom stereocenters. The van der Waals surface area contributed by atoms with E-state index >= 15 is 0 Å². The Morgan fingerprint density at radius 3 is 2.39 bits per heavy atom. The molecule has 2 unspecified atom stereocenters. The van der Waals surface area contributed by atoms with E-state index in [0.29, 0.717) is 0 Å². The molecule has 28 heavy (non-hydrogen) atoms. The molecule has 0 amide bonds. The van der Waals surface area contributed by atoms with E-state index in [-0.39, 0.29) is 12.3 Å². The molecule has 6 rings (SSSR count). The number of para-hydroxylation sites is 1. The summed E-state index contributed by atoms with van der Waals surface area (Å²) in [7, 11) is 0. The van der Waals surface area contributed by atoms with Crippen LogP contribution >= 0.6 is 0 Å². The van der Waals surface area contributed by atoms with Crippen LogP contribution in [0.25, 0.3) is 16.8 Å². The summed E-state index contributed by atoms with van der Waals surface area (Å²) in [5.74, 6) is 0. The molecule has 0 spiro atoms. The van der Waals surface area contributed by atoms with Gasteiger partial charge in [-0.1, -0.05) is 84.9 Å². The van der Waals surface area contributed by atoms with Crippen molar-refractivity contribution in [2.45, 2.75) is 12.3 Å². The largest absolute Gasteiger partial charge is 0.342 e. The smallest absolute Gasteiger partial charge is 0.155 e. The summed E-state index contributed by atoms with van der Waals surface area (Å²) in [6.45, 7) is 0. The predicted octanol–water partition coefficient (Wildman–Crippen LogP) is 6.45. The van der Waals surface area contributed by atoms with Gasteiger partial charge in [0.2, 0.25) is 0 Å². The first-order valence-corrected chi connectivity index (χ1v) is 9.69. The van der Waals surface area contributed by atoms with E-state index in [1.807, 2.05) is 0 Å².